The second kappa shape index (κ2) is 8.02. The van der Waals surface area contributed by atoms with Crippen LogP contribution in [0.25, 0.3) is 10.8 Å². The minimum absolute atomic E-state index is 0.0741. The van der Waals surface area contributed by atoms with Gasteiger partial charge in [-0.1, -0.05) is 36.4 Å². The van der Waals surface area contributed by atoms with E-state index in [1.807, 2.05) is 36.4 Å². The molecule has 6 heteroatoms. The lowest BCUT2D eigenvalue weighted by molar-refractivity contribution is -0.115. The van der Waals surface area contributed by atoms with Gasteiger partial charge in [0.1, 0.15) is 0 Å². The predicted molar refractivity (Wildman–Crippen MR) is 102 cm³/mol. The summed E-state index contributed by atoms with van der Waals surface area (Å²) in [6, 6.07) is 16.7. The Morgan fingerprint density at radius 3 is 2.65 bits per heavy atom. The van der Waals surface area contributed by atoms with Gasteiger partial charge in [0.05, 0.1) is 18.3 Å². The summed E-state index contributed by atoms with van der Waals surface area (Å²) in [7, 11) is 0. The van der Waals surface area contributed by atoms with Gasteiger partial charge in [-0.2, -0.15) is 5.10 Å². The first-order chi connectivity index (χ1) is 12.6. The molecule has 1 aromatic heterocycles. The van der Waals surface area contributed by atoms with E-state index in [-0.39, 0.29) is 18.2 Å². The van der Waals surface area contributed by atoms with Crippen molar-refractivity contribution in [2.24, 2.45) is 5.10 Å². The van der Waals surface area contributed by atoms with Crippen LogP contribution in [0.4, 0.5) is 5.69 Å². The summed E-state index contributed by atoms with van der Waals surface area (Å²) in [4.78, 5) is 28.3. The molecule has 26 heavy (non-hydrogen) atoms. The monoisotopic (exact) mass is 346 g/mol. The minimum Gasteiger partial charge on any atom is -0.324 e. The van der Waals surface area contributed by atoms with Gasteiger partial charge in [0, 0.05) is 17.5 Å². The number of rotatable bonds is 5. The van der Waals surface area contributed by atoms with Gasteiger partial charge in [0.2, 0.25) is 5.91 Å². The maximum absolute atomic E-state index is 12.4. The van der Waals surface area contributed by atoms with E-state index in [0.29, 0.717) is 17.0 Å². The van der Waals surface area contributed by atoms with Crippen LogP contribution in [0.5, 0.6) is 0 Å². The summed E-state index contributed by atoms with van der Waals surface area (Å²) < 4.78 is 0. The van der Waals surface area contributed by atoms with E-state index in [0.717, 1.165) is 10.8 Å². The fraction of sp³-hybridized carbons (Fsp3) is 0.100. The maximum Gasteiger partial charge on any atom is 0.271 e. The standard InChI is InChI=1S/C20H18N4O2/c1-14(12-19(25)22-16-8-5-11-21-13-16)23-24-20(26)18-10-4-7-15-6-2-3-9-17(15)18/h2-11,13H,12H2,1H3,(H,22,25)(H,24,26)/b23-14+. The van der Waals surface area contributed by atoms with E-state index in [9.17, 15) is 9.59 Å². The highest BCUT2D eigenvalue weighted by Crippen LogP contribution is 2.18. The van der Waals surface area contributed by atoms with Crippen LogP contribution in [0.2, 0.25) is 0 Å². The molecule has 0 aliphatic carbocycles. The number of nitrogens with zero attached hydrogens (tertiary/aromatic N) is 2. The Morgan fingerprint density at radius 1 is 1.04 bits per heavy atom. The van der Waals surface area contributed by atoms with Crippen molar-refractivity contribution in [1.82, 2.24) is 10.4 Å². The van der Waals surface area contributed by atoms with Crippen LogP contribution < -0.4 is 10.7 Å². The molecule has 1 heterocycles. The third kappa shape index (κ3) is 4.30. The number of carbonyl (C=O) groups is 2. The number of pyridine rings is 1. The summed E-state index contributed by atoms with van der Waals surface area (Å²) in [5.41, 5.74) is 4.17. The summed E-state index contributed by atoms with van der Waals surface area (Å²) in [6.07, 6.45) is 3.27. The zero-order valence-corrected chi connectivity index (χ0v) is 14.3. The number of nitrogens with one attached hydrogen (secondary N) is 2. The van der Waals surface area contributed by atoms with Gasteiger partial charge in [-0.15, -0.1) is 0 Å². The topological polar surface area (TPSA) is 83.4 Å². The smallest absolute Gasteiger partial charge is 0.271 e. The number of carbonyl (C=O) groups excluding carboxylic acids is 2. The molecule has 0 spiro atoms. The molecule has 0 bridgehead atoms. The molecule has 0 aliphatic rings. The first-order valence-corrected chi connectivity index (χ1v) is 8.14. The molecule has 3 rings (SSSR count). The third-order valence-corrected chi connectivity index (χ3v) is 3.74. The molecule has 130 valence electrons. The molecule has 0 radical (unpaired) electrons. The van der Waals surface area contributed by atoms with Crippen molar-refractivity contribution < 1.29 is 9.59 Å². The summed E-state index contributed by atoms with van der Waals surface area (Å²) in [5, 5.41) is 8.59. The zero-order chi connectivity index (χ0) is 18.4. The molecule has 0 saturated carbocycles. The molecule has 0 saturated heterocycles. The lowest BCUT2D eigenvalue weighted by Crippen LogP contribution is -2.21. The van der Waals surface area contributed by atoms with Crippen LogP contribution in [0.15, 0.2) is 72.1 Å². The van der Waals surface area contributed by atoms with E-state index < -0.39 is 0 Å². The molecule has 2 aromatic carbocycles. The Morgan fingerprint density at radius 2 is 1.85 bits per heavy atom. The molecule has 0 atom stereocenters. The van der Waals surface area contributed by atoms with Crippen molar-refractivity contribution in [3.63, 3.8) is 0 Å². The number of aromatic nitrogens is 1. The van der Waals surface area contributed by atoms with E-state index in [2.05, 4.69) is 20.8 Å². The molecule has 3 aromatic rings. The molecule has 2 N–H and O–H groups in total. The van der Waals surface area contributed by atoms with E-state index in [1.165, 1.54) is 0 Å². The van der Waals surface area contributed by atoms with Crippen LogP contribution in [0, 0.1) is 0 Å². The number of amides is 2. The Labute approximate surface area is 151 Å². The van der Waals surface area contributed by atoms with Crippen LogP contribution in [-0.2, 0) is 4.79 Å². The highest BCUT2D eigenvalue weighted by atomic mass is 16.2. The van der Waals surface area contributed by atoms with Crippen LogP contribution in [0.3, 0.4) is 0 Å². The maximum atomic E-state index is 12.4. The van der Waals surface area contributed by atoms with Gasteiger partial charge in [-0.25, -0.2) is 5.43 Å². The molecular weight excluding hydrogens is 328 g/mol. The molecule has 0 aliphatic heterocycles. The fourth-order valence-electron chi connectivity index (χ4n) is 2.54. The Hall–Kier alpha value is -3.54. The predicted octanol–water partition coefficient (Wildman–Crippen LogP) is 3.37. The number of fused-ring (bicyclic) bond motifs is 1. The highest BCUT2D eigenvalue weighted by molar-refractivity contribution is 6.08. The lowest BCUT2D eigenvalue weighted by Gasteiger charge is -2.07. The fourth-order valence-corrected chi connectivity index (χ4v) is 2.54. The average Bonchev–Trinajstić information content (AvgIpc) is 2.66. The number of anilines is 1. The number of hydrogen-bond acceptors (Lipinski definition) is 4. The largest absolute Gasteiger partial charge is 0.324 e. The number of hydrazone groups is 1. The van der Waals surface area contributed by atoms with Crippen LogP contribution in [-0.4, -0.2) is 22.5 Å². The first kappa shape index (κ1) is 17.3. The van der Waals surface area contributed by atoms with Gasteiger partial charge in [-0.3, -0.25) is 14.6 Å². The second-order valence-corrected chi connectivity index (χ2v) is 5.78. The lowest BCUT2D eigenvalue weighted by atomic mass is 10.0. The number of hydrogen-bond donors (Lipinski definition) is 2. The third-order valence-electron chi connectivity index (χ3n) is 3.74. The summed E-state index contributed by atoms with van der Waals surface area (Å²) >= 11 is 0. The SMILES string of the molecule is C/C(CC(=O)Nc1cccnc1)=N\NC(=O)c1cccc2ccccc12. The first-order valence-electron chi connectivity index (χ1n) is 8.14. The molecule has 6 nitrogen and oxygen atoms in total. The van der Waals surface area contributed by atoms with E-state index in [1.54, 1.807) is 37.5 Å². The summed E-state index contributed by atoms with van der Waals surface area (Å²) in [6.45, 7) is 1.69. The van der Waals surface area contributed by atoms with Gasteiger partial charge >= 0.3 is 0 Å². The minimum atomic E-state index is -0.311. The van der Waals surface area contributed by atoms with Crippen molar-refractivity contribution in [3.8, 4) is 0 Å². The molecule has 0 unspecified atom stereocenters. The van der Waals surface area contributed by atoms with Gasteiger partial charge in [0.15, 0.2) is 0 Å². The van der Waals surface area contributed by atoms with Gasteiger partial charge in [0.25, 0.3) is 5.91 Å². The zero-order valence-electron chi connectivity index (χ0n) is 14.3. The van der Waals surface area contributed by atoms with Crippen molar-refractivity contribution >= 4 is 34.0 Å². The Kier molecular flexibility index (Phi) is 5.34. The van der Waals surface area contributed by atoms with Crippen molar-refractivity contribution in [3.05, 3.63) is 72.6 Å². The molecule has 2 amide bonds. The number of benzene rings is 2. The van der Waals surface area contributed by atoms with E-state index >= 15 is 0 Å². The van der Waals surface area contributed by atoms with Gasteiger partial charge in [-0.05, 0) is 35.9 Å². The Bertz CT molecular complexity index is 962. The van der Waals surface area contributed by atoms with Crippen LogP contribution in [0.1, 0.15) is 23.7 Å². The summed E-state index contributed by atoms with van der Waals surface area (Å²) in [5.74, 6) is -0.535. The van der Waals surface area contributed by atoms with Crippen molar-refractivity contribution in [2.45, 2.75) is 13.3 Å². The van der Waals surface area contributed by atoms with Crippen LogP contribution >= 0.6 is 0 Å². The Balaban J connectivity index is 1.63. The second-order valence-electron chi connectivity index (χ2n) is 5.78. The molecular formula is C20H18N4O2. The highest BCUT2D eigenvalue weighted by Gasteiger charge is 2.10. The molecule has 0 fully saturated rings. The van der Waals surface area contributed by atoms with Gasteiger partial charge < -0.3 is 5.32 Å². The average molecular weight is 346 g/mol. The quantitative estimate of drug-likeness (QED) is 0.549. The van der Waals surface area contributed by atoms with Crippen molar-refractivity contribution in [1.29, 1.82) is 0 Å². The van der Waals surface area contributed by atoms with Crippen molar-refractivity contribution in [2.75, 3.05) is 5.32 Å². The van der Waals surface area contributed by atoms with E-state index in [4.69, 9.17) is 0 Å². The normalized spacial score (nSPS) is 11.2.